The molecule has 1 amide bonds. The fourth-order valence-electron chi connectivity index (χ4n) is 4.30. The Hall–Kier alpha value is -3.15. The van der Waals surface area contributed by atoms with E-state index >= 15 is 0 Å². The van der Waals surface area contributed by atoms with E-state index in [2.05, 4.69) is 65.7 Å². The summed E-state index contributed by atoms with van der Waals surface area (Å²) in [6, 6.07) is 28.9. The lowest BCUT2D eigenvalue weighted by Gasteiger charge is -2.42. The number of nitrogens with two attached hydrogens (primary N) is 1. The van der Waals surface area contributed by atoms with Gasteiger partial charge in [-0.1, -0.05) is 79.7 Å². The van der Waals surface area contributed by atoms with Crippen molar-refractivity contribution >= 4 is 11.8 Å². The predicted octanol–water partition coefficient (Wildman–Crippen LogP) is 5.34. The second kappa shape index (κ2) is 9.98. The summed E-state index contributed by atoms with van der Waals surface area (Å²) in [6.45, 7) is 3.58. The number of aryl methyl sites for hydroxylation is 1. The van der Waals surface area contributed by atoms with Crippen LogP contribution in [0.25, 0.3) is 0 Å². The van der Waals surface area contributed by atoms with Crippen molar-refractivity contribution in [2.45, 2.75) is 38.0 Å². The molecule has 32 heavy (non-hydrogen) atoms. The normalized spacial score (nSPS) is 16.0. The molecule has 4 rings (SSSR count). The molecular weight excluding hydrogens is 398 g/mol. The van der Waals surface area contributed by atoms with Crippen LogP contribution in [0.4, 0.5) is 10.5 Å². The molecule has 1 heterocycles. The van der Waals surface area contributed by atoms with Crippen molar-refractivity contribution in [2.24, 2.45) is 5.73 Å². The van der Waals surface area contributed by atoms with Crippen LogP contribution in [0.1, 0.15) is 42.5 Å². The Balaban J connectivity index is 1.40. The molecule has 0 aliphatic carbocycles. The van der Waals surface area contributed by atoms with Crippen LogP contribution in [0.3, 0.4) is 0 Å². The Morgan fingerprint density at radius 3 is 1.97 bits per heavy atom. The van der Waals surface area contributed by atoms with Crippen molar-refractivity contribution in [1.29, 1.82) is 0 Å². The number of amides is 1. The van der Waals surface area contributed by atoms with E-state index in [0.717, 1.165) is 19.5 Å². The van der Waals surface area contributed by atoms with E-state index in [0.29, 0.717) is 18.5 Å². The number of nitrogens with one attached hydrogen (secondary N) is 1. The van der Waals surface area contributed by atoms with Gasteiger partial charge in [0.15, 0.2) is 5.72 Å². The first-order valence-corrected chi connectivity index (χ1v) is 11.3. The average Bonchev–Trinajstić information content (AvgIpc) is 2.82. The highest BCUT2D eigenvalue weighted by Gasteiger charge is 2.37. The maximum Gasteiger partial charge on any atom is 0.413 e. The number of likely N-dealkylation sites (tertiary alicyclic amines) is 1. The third-order valence-electron chi connectivity index (χ3n) is 6.14. The minimum Gasteiger partial charge on any atom is -0.428 e. The number of piperidine rings is 1. The lowest BCUT2D eigenvalue weighted by molar-refractivity contribution is -0.0310. The van der Waals surface area contributed by atoms with E-state index in [1.165, 1.54) is 16.7 Å². The van der Waals surface area contributed by atoms with Gasteiger partial charge in [-0.05, 0) is 35.2 Å². The molecule has 1 aliphatic rings. The third kappa shape index (κ3) is 5.36. The van der Waals surface area contributed by atoms with Gasteiger partial charge in [-0.3, -0.25) is 16.0 Å². The maximum absolute atomic E-state index is 12.5. The van der Waals surface area contributed by atoms with Crippen molar-refractivity contribution in [3.8, 4) is 0 Å². The van der Waals surface area contributed by atoms with Crippen LogP contribution >= 0.6 is 0 Å². The van der Waals surface area contributed by atoms with Gasteiger partial charge in [-0.2, -0.15) is 0 Å². The van der Waals surface area contributed by atoms with Crippen molar-refractivity contribution < 1.29 is 9.53 Å². The quantitative estimate of drug-likeness (QED) is 0.519. The van der Waals surface area contributed by atoms with Crippen molar-refractivity contribution in [2.75, 3.05) is 18.4 Å². The topological polar surface area (TPSA) is 67.6 Å². The second-order valence-electron chi connectivity index (χ2n) is 8.39. The Morgan fingerprint density at radius 1 is 0.938 bits per heavy atom. The van der Waals surface area contributed by atoms with E-state index in [9.17, 15) is 4.79 Å². The summed E-state index contributed by atoms with van der Waals surface area (Å²) in [6.07, 6.45) is 1.60. The minimum atomic E-state index is -0.970. The van der Waals surface area contributed by atoms with Gasteiger partial charge in [0, 0.05) is 31.6 Å². The van der Waals surface area contributed by atoms with Crippen molar-refractivity contribution in [1.82, 2.24) is 4.90 Å². The summed E-state index contributed by atoms with van der Waals surface area (Å²) in [5.41, 5.74) is 9.94. The first-order chi connectivity index (χ1) is 15.6. The van der Waals surface area contributed by atoms with Gasteiger partial charge in [0.2, 0.25) is 0 Å². The van der Waals surface area contributed by atoms with E-state index in [1.54, 1.807) is 0 Å². The van der Waals surface area contributed by atoms with Crippen LogP contribution in [-0.4, -0.2) is 29.8 Å². The first-order valence-electron chi connectivity index (χ1n) is 11.3. The van der Waals surface area contributed by atoms with E-state index in [4.69, 9.17) is 10.5 Å². The first kappa shape index (κ1) is 22.1. The third-order valence-corrected chi connectivity index (χ3v) is 6.14. The fraction of sp³-hybridized carbons (Fsp3) is 0.296. The highest BCUT2D eigenvalue weighted by Crippen LogP contribution is 2.33. The Labute approximate surface area is 190 Å². The molecule has 5 nitrogen and oxygen atoms in total. The maximum atomic E-state index is 12.5. The number of nitrogens with zero attached hydrogens (tertiary/aromatic N) is 1. The molecule has 0 saturated carbocycles. The van der Waals surface area contributed by atoms with Gasteiger partial charge in [0.05, 0.1) is 6.04 Å². The van der Waals surface area contributed by atoms with Gasteiger partial charge >= 0.3 is 6.09 Å². The Kier molecular flexibility index (Phi) is 6.88. The summed E-state index contributed by atoms with van der Waals surface area (Å²) in [7, 11) is 0. The largest absolute Gasteiger partial charge is 0.428 e. The van der Waals surface area contributed by atoms with Crippen LogP contribution in [0.5, 0.6) is 0 Å². The number of anilines is 1. The van der Waals surface area contributed by atoms with Crippen molar-refractivity contribution in [3.05, 3.63) is 102 Å². The molecule has 0 aromatic heterocycles. The highest BCUT2D eigenvalue weighted by atomic mass is 16.6. The summed E-state index contributed by atoms with van der Waals surface area (Å²) in [5.74, 6) is 0. The van der Waals surface area contributed by atoms with Crippen LogP contribution in [0.15, 0.2) is 84.9 Å². The molecule has 0 bridgehead atoms. The van der Waals surface area contributed by atoms with Gasteiger partial charge in [-0.15, -0.1) is 0 Å². The van der Waals surface area contributed by atoms with Crippen molar-refractivity contribution in [3.63, 3.8) is 0 Å². The highest BCUT2D eigenvalue weighted by molar-refractivity contribution is 5.84. The number of benzene rings is 3. The summed E-state index contributed by atoms with van der Waals surface area (Å²) in [4.78, 5) is 14.9. The van der Waals surface area contributed by atoms with Crippen LogP contribution in [0.2, 0.25) is 0 Å². The molecule has 1 aliphatic heterocycles. The molecular formula is C27H31N3O2. The molecule has 5 heteroatoms. The van der Waals surface area contributed by atoms with Gasteiger partial charge in [-0.25, -0.2) is 4.79 Å². The van der Waals surface area contributed by atoms with Crippen LogP contribution in [-0.2, 0) is 11.2 Å². The molecule has 3 aromatic carbocycles. The van der Waals surface area contributed by atoms with Crippen LogP contribution < -0.4 is 11.1 Å². The monoisotopic (exact) mass is 429 g/mol. The lowest BCUT2D eigenvalue weighted by atomic mass is 9.93. The fourth-order valence-corrected chi connectivity index (χ4v) is 4.30. The molecule has 166 valence electrons. The number of rotatable bonds is 6. The number of carbonyl (C=O) groups excluding carboxylic acids is 1. The zero-order valence-corrected chi connectivity index (χ0v) is 18.5. The smallest absolute Gasteiger partial charge is 0.413 e. The summed E-state index contributed by atoms with van der Waals surface area (Å²) in [5, 5.41) is 2.80. The zero-order chi connectivity index (χ0) is 22.4. The zero-order valence-electron chi connectivity index (χ0n) is 18.5. The number of hydrogen-bond acceptors (Lipinski definition) is 4. The number of hydrogen-bond donors (Lipinski definition) is 2. The minimum absolute atomic E-state index is 0.146. The van der Waals surface area contributed by atoms with E-state index in [1.807, 2.05) is 36.4 Å². The van der Waals surface area contributed by atoms with Crippen LogP contribution in [0, 0.1) is 0 Å². The van der Waals surface area contributed by atoms with Gasteiger partial charge in [0.1, 0.15) is 0 Å². The molecule has 1 fully saturated rings. The molecule has 3 aromatic rings. The summed E-state index contributed by atoms with van der Waals surface area (Å²) >= 11 is 0. The lowest BCUT2D eigenvalue weighted by Crippen LogP contribution is -2.54. The van der Waals surface area contributed by atoms with Gasteiger partial charge in [0.25, 0.3) is 0 Å². The summed E-state index contributed by atoms with van der Waals surface area (Å²) < 4.78 is 5.68. The molecule has 0 spiro atoms. The molecule has 1 saturated heterocycles. The number of carbonyl (C=O) groups is 1. The molecule has 0 unspecified atom stereocenters. The Morgan fingerprint density at radius 2 is 1.47 bits per heavy atom. The average molecular weight is 430 g/mol. The standard InChI is InChI=1S/C27H31N3O2/c1-2-21-13-15-24(16-14-21)29-26(31)32-27(28)17-19-30(20-18-27)25(22-9-5-3-6-10-22)23-11-7-4-8-12-23/h3-16,25H,2,17-20,28H2,1H3,(H,29,31). The molecule has 0 atom stereocenters. The second-order valence-corrected chi connectivity index (χ2v) is 8.39. The predicted molar refractivity (Wildman–Crippen MR) is 128 cm³/mol. The molecule has 0 radical (unpaired) electrons. The molecule has 3 N–H and O–H groups in total. The van der Waals surface area contributed by atoms with E-state index in [-0.39, 0.29) is 6.04 Å². The SMILES string of the molecule is CCc1ccc(NC(=O)OC2(N)CCN(C(c3ccccc3)c3ccccc3)CC2)cc1. The van der Waals surface area contributed by atoms with Gasteiger partial charge < -0.3 is 4.74 Å². The van der Waals surface area contributed by atoms with E-state index < -0.39 is 11.8 Å². The Bertz CT molecular complexity index is 959. The number of ether oxygens (including phenoxy) is 1.